The molecule has 1 saturated heterocycles. The minimum atomic E-state index is 0.0320. The van der Waals surface area contributed by atoms with Gasteiger partial charge in [-0.05, 0) is 67.3 Å². The lowest BCUT2D eigenvalue weighted by Crippen LogP contribution is -2.24. The van der Waals surface area contributed by atoms with Gasteiger partial charge in [-0.1, -0.05) is 42.5 Å². The largest absolute Gasteiger partial charge is 0.491 e. The Labute approximate surface area is 206 Å². The quantitative estimate of drug-likeness (QED) is 0.301. The Kier molecular flexibility index (Phi) is 6.41. The van der Waals surface area contributed by atoms with Crippen LogP contribution < -0.4 is 9.64 Å². The van der Waals surface area contributed by atoms with Crippen molar-refractivity contribution in [2.75, 3.05) is 18.1 Å². The highest BCUT2D eigenvalue weighted by Gasteiger charge is 2.35. The summed E-state index contributed by atoms with van der Waals surface area (Å²) in [5, 5.41) is 0. The van der Waals surface area contributed by atoms with Gasteiger partial charge in [-0.2, -0.15) is 0 Å². The number of hydrogen-bond acceptors (Lipinski definition) is 3. The number of carbonyl (C=O) groups is 1. The van der Waals surface area contributed by atoms with E-state index >= 15 is 0 Å². The SMILES string of the molecule is C=CCc1ccccc1OCCn1c(C2CC(=O)N(c3ccc(C)c(C)c3)C2)nc2ccccc21. The van der Waals surface area contributed by atoms with Crippen LogP contribution in [0.4, 0.5) is 5.69 Å². The molecule has 0 saturated carbocycles. The second-order valence-electron chi connectivity index (χ2n) is 9.23. The van der Waals surface area contributed by atoms with Crippen molar-refractivity contribution in [3.63, 3.8) is 0 Å². The van der Waals surface area contributed by atoms with Crippen molar-refractivity contribution in [3.05, 3.63) is 102 Å². The lowest BCUT2D eigenvalue weighted by Gasteiger charge is -2.19. The van der Waals surface area contributed by atoms with E-state index in [1.165, 1.54) is 11.1 Å². The molecule has 0 bridgehead atoms. The number of amides is 1. The molecule has 0 spiro atoms. The summed E-state index contributed by atoms with van der Waals surface area (Å²) in [7, 11) is 0. The van der Waals surface area contributed by atoms with Gasteiger partial charge in [-0.15, -0.1) is 6.58 Å². The molecule has 1 aliphatic rings. The summed E-state index contributed by atoms with van der Waals surface area (Å²) >= 11 is 0. The molecule has 1 unspecified atom stereocenters. The van der Waals surface area contributed by atoms with Crippen LogP contribution in [0, 0.1) is 13.8 Å². The van der Waals surface area contributed by atoms with Crippen molar-refractivity contribution in [1.29, 1.82) is 0 Å². The van der Waals surface area contributed by atoms with Crippen LogP contribution >= 0.6 is 0 Å². The summed E-state index contributed by atoms with van der Waals surface area (Å²) in [4.78, 5) is 19.9. The molecular formula is C30H31N3O2. The number of carbonyl (C=O) groups excluding carboxylic acids is 1. The van der Waals surface area contributed by atoms with Gasteiger partial charge in [0.25, 0.3) is 0 Å². The van der Waals surface area contributed by atoms with Crippen molar-refractivity contribution < 1.29 is 9.53 Å². The minimum Gasteiger partial charge on any atom is -0.491 e. The minimum absolute atomic E-state index is 0.0320. The van der Waals surface area contributed by atoms with E-state index in [0.29, 0.717) is 26.1 Å². The van der Waals surface area contributed by atoms with Gasteiger partial charge in [0, 0.05) is 24.6 Å². The Morgan fingerprint density at radius 2 is 1.86 bits per heavy atom. The number of imidazole rings is 1. The maximum Gasteiger partial charge on any atom is 0.227 e. The molecule has 1 amide bonds. The van der Waals surface area contributed by atoms with Gasteiger partial charge in [-0.3, -0.25) is 4.79 Å². The highest BCUT2D eigenvalue weighted by atomic mass is 16.5. The molecule has 5 nitrogen and oxygen atoms in total. The summed E-state index contributed by atoms with van der Waals surface area (Å²) in [6, 6.07) is 22.5. The first-order valence-corrected chi connectivity index (χ1v) is 12.2. The summed E-state index contributed by atoms with van der Waals surface area (Å²) in [5.74, 6) is 2.01. The first-order valence-electron chi connectivity index (χ1n) is 12.2. The summed E-state index contributed by atoms with van der Waals surface area (Å²) in [6.45, 7) is 9.84. The fraction of sp³-hybridized carbons (Fsp3) is 0.267. The number of para-hydroxylation sites is 3. The first kappa shape index (κ1) is 22.9. The second-order valence-corrected chi connectivity index (χ2v) is 9.23. The number of aryl methyl sites for hydroxylation is 2. The topological polar surface area (TPSA) is 47.4 Å². The number of aromatic nitrogens is 2. The lowest BCUT2D eigenvalue weighted by molar-refractivity contribution is -0.117. The van der Waals surface area contributed by atoms with E-state index in [-0.39, 0.29) is 11.8 Å². The van der Waals surface area contributed by atoms with Crippen molar-refractivity contribution >= 4 is 22.6 Å². The van der Waals surface area contributed by atoms with Gasteiger partial charge in [0.1, 0.15) is 18.2 Å². The van der Waals surface area contributed by atoms with Crippen molar-refractivity contribution in [1.82, 2.24) is 9.55 Å². The number of benzene rings is 3. The molecule has 5 heteroatoms. The van der Waals surface area contributed by atoms with E-state index in [9.17, 15) is 4.79 Å². The number of fused-ring (bicyclic) bond motifs is 1. The third-order valence-electron chi connectivity index (χ3n) is 6.89. The highest BCUT2D eigenvalue weighted by molar-refractivity contribution is 5.96. The van der Waals surface area contributed by atoms with Gasteiger partial charge < -0.3 is 14.2 Å². The van der Waals surface area contributed by atoms with Crippen LogP contribution in [0.25, 0.3) is 11.0 Å². The van der Waals surface area contributed by atoms with Gasteiger partial charge in [0.2, 0.25) is 5.91 Å². The van der Waals surface area contributed by atoms with E-state index in [1.54, 1.807) is 0 Å². The van der Waals surface area contributed by atoms with Crippen LogP contribution in [-0.4, -0.2) is 28.6 Å². The Hall–Kier alpha value is -3.86. The van der Waals surface area contributed by atoms with Crippen molar-refractivity contribution in [2.24, 2.45) is 0 Å². The van der Waals surface area contributed by atoms with Crippen LogP contribution in [0.5, 0.6) is 5.75 Å². The number of anilines is 1. The predicted molar refractivity (Wildman–Crippen MR) is 141 cm³/mol. The standard InChI is InChI=1S/C30H31N3O2/c1-4-9-23-10-5-8-13-28(23)35-17-16-32-27-12-7-6-11-26(27)31-30(32)24-19-29(34)33(20-24)25-15-14-21(2)22(3)18-25/h4-8,10-15,18,24H,1,9,16-17,19-20H2,2-3H3. The Balaban J connectivity index is 1.40. The molecule has 35 heavy (non-hydrogen) atoms. The smallest absolute Gasteiger partial charge is 0.227 e. The highest BCUT2D eigenvalue weighted by Crippen LogP contribution is 2.34. The van der Waals surface area contributed by atoms with E-state index < -0.39 is 0 Å². The van der Waals surface area contributed by atoms with Crippen LogP contribution in [0.3, 0.4) is 0 Å². The molecule has 1 fully saturated rings. The molecule has 2 heterocycles. The zero-order chi connectivity index (χ0) is 24.4. The van der Waals surface area contributed by atoms with E-state index in [1.807, 2.05) is 53.4 Å². The normalized spacial score (nSPS) is 15.7. The van der Waals surface area contributed by atoms with Gasteiger partial charge in [-0.25, -0.2) is 4.98 Å². The summed E-state index contributed by atoms with van der Waals surface area (Å²) < 4.78 is 8.42. The fourth-order valence-corrected chi connectivity index (χ4v) is 4.88. The van der Waals surface area contributed by atoms with Crippen molar-refractivity contribution in [2.45, 2.75) is 39.2 Å². The molecule has 5 rings (SSSR count). The first-order chi connectivity index (χ1) is 17.0. The molecule has 1 aliphatic heterocycles. The summed E-state index contributed by atoms with van der Waals surface area (Å²) in [6.07, 6.45) is 3.12. The maximum atomic E-state index is 13.0. The van der Waals surface area contributed by atoms with Gasteiger partial charge in [0.15, 0.2) is 0 Å². The van der Waals surface area contributed by atoms with E-state index in [4.69, 9.17) is 9.72 Å². The number of hydrogen-bond donors (Lipinski definition) is 0. The molecular weight excluding hydrogens is 434 g/mol. The Morgan fingerprint density at radius 3 is 2.69 bits per heavy atom. The van der Waals surface area contributed by atoms with E-state index in [0.717, 1.165) is 40.3 Å². The molecule has 178 valence electrons. The predicted octanol–water partition coefficient (Wildman–Crippen LogP) is 5.98. The maximum absolute atomic E-state index is 13.0. The van der Waals surface area contributed by atoms with Gasteiger partial charge >= 0.3 is 0 Å². The Morgan fingerprint density at radius 1 is 1.06 bits per heavy atom. The molecule has 3 aromatic carbocycles. The fourth-order valence-electron chi connectivity index (χ4n) is 4.88. The average Bonchev–Trinajstić information content (AvgIpc) is 3.43. The second kappa shape index (κ2) is 9.79. The van der Waals surface area contributed by atoms with E-state index in [2.05, 4.69) is 49.3 Å². The average molecular weight is 466 g/mol. The van der Waals surface area contributed by atoms with Crippen LogP contribution in [0.1, 0.15) is 34.9 Å². The van der Waals surface area contributed by atoms with Crippen LogP contribution in [0.2, 0.25) is 0 Å². The molecule has 0 N–H and O–H groups in total. The van der Waals surface area contributed by atoms with Crippen LogP contribution in [0.15, 0.2) is 79.4 Å². The zero-order valence-corrected chi connectivity index (χ0v) is 20.4. The molecule has 1 atom stereocenters. The number of nitrogens with zero attached hydrogens (tertiary/aromatic N) is 3. The van der Waals surface area contributed by atoms with Crippen molar-refractivity contribution in [3.8, 4) is 5.75 Å². The Bertz CT molecular complexity index is 1390. The molecule has 0 radical (unpaired) electrons. The lowest BCUT2D eigenvalue weighted by atomic mass is 10.1. The van der Waals surface area contributed by atoms with Crippen LogP contribution in [-0.2, 0) is 17.8 Å². The van der Waals surface area contributed by atoms with Gasteiger partial charge in [0.05, 0.1) is 17.6 Å². The zero-order valence-electron chi connectivity index (χ0n) is 20.4. The molecule has 0 aliphatic carbocycles. The third-order valence-corrected chi connectivity index (χ3v) is 6.89. The number of ether oxygens (including phenoxy) is 1. The number of allylic oxidation sites excluding steroid dienone is 1. The third kappa shape index (κ3) is 4.59. The summed E-state index contributed by atoms with van der Waals surface area (Å²) in [5.41, 5.74) is 6.54. The monoisotopic (exact) mass is 465 g/mol. The molecule has 1 aromatic heterocycles. The number of rotatable bonds is 8. The molecule has 4 aromatic rings.